The lowest BCUT2D eigenvalue weighted by Gasteiger charge is -2.23. The second-order valence-electron chi connectivity index (χ2n) is 8.02. The van der Waals surface area contributed by atoms with Crippen molar-refractivity contribution in [1.82, 2.24) is 15.3 Å². The molecule has 0 aliphatic carbocycles. The fourth-order valence-electron chi connectivity index (χ4n) is 3.43. The van der Waals surface area contributed by atoms with Crippen LogP contribution in [-0.2, 0) is 11.3 Å². The Hall–Kier alpha value is -2.32. The van der Waals surface area contributed by atoms with E-state index in [2.05, 4.69) is 10.4 Å². The number of carbonyl (C=O) groups excluding carboxylic acids is 1. The van der Waals surface area contributed by atoms with Crippen LogP contribution < -0.4 is 5.43 Å². The average Bonchev–Trinajstić information content (AvgIpc) is 3.30. The highest BCUT2D eigenvalue weighted by atomic mass is 32.1. The summed E-state index contributed by atoms with van der Waals surface area (Å²) in [7, 11) is 0. The van der Waals surface area contributed by atoms with E-state index in [0.29, 0.717) is 11.4 Å². The van der Waals surface area contributed by atoms with E-state index in [0.717, 1.165) is 21.7 Å². The highest BCUT2D eigenvalue weighted by Gasteiger charge is 2.46. The number of thiazole rings is 1. The number of benzene rings is 1. The summed E-state index contributed by atoms with van der Waals surface area (Å²) < 4.78 is 0. The standard InChI is InChI=1S/C21H29N4O3S/c1-13(2)14(3)21(27)24-11-18(26)9-19(24)25(28)23-10-16-5-7-17(8-6-16)20-15(4)22-12-29-20/h5-8,12-14,18-19,26H,9-11H2,1-4H3,(H,23,28)/q+1/t14-,18+,19+/m0/s1. The largest absolute Gasteiger partial charge is 0.391 e. The van der Waals surface area contributed by atoms with Crippen LogP contribution in [0.25, 0.3) is 10.4 Å². The van der Waals surface area contributed by atoms with Crippen molar-refractivity contribution in [3.63, 3.8) is 0 Å². The number of aliphatic hydroxyl groups excluding tert-OH is 1. The van der Waals surface area contributed by atoms with Gasteiger partial charge in [0.1, 0.15) is 4.87 Å². The SMILES string of the molecule is Cc1ncsc1-c1ccc(CN[N+](=O)[C@@H]2C[C@@H](O)CN2C(=O)[C@@H](C)C(C)C)cc1. The summed E-state index contributed by atoms with van der Waals surface area (Å²) in [6.45, 7) is 8.36. The van der Waals surface area contributed by atoms with Crippen LogP contribution in [-0.4, -0.2) is 44.6 Å². The third-order valence-corrected chi connectivity index (χ3v) is 6.57. The van der Waals surface area contributed by atoms with Gasteiger partial charge in [0.15, 0.2) is 0 Å². The molecule has 0 saturated carbocycles. The molecule has 29 heavy (non-hydrogen) atoms. The van der Waals surface area contributed by atoms with Crippen LogP contribution >= 0.6 is 11.3 Å². The van der Waals surface area contributed by atoms with Crippen molar-refractivity contribution in [2.45, 2.75) is 52.9 Å². The van der Waals surface area contributed by atoms with E-state index in [1.54, 1.807) is 11.3 Å². The molecule has 0 unspecified atom stereocenters. The minimum Gasteiger partial charge on any atom is -0.391 e. The molecular formula is C21H29N4O3S+. The minimum absolute atomic E-state index is 0.0894. The summed E-state index contributed by atoms with van der Waals surface area (Å²) in [4.78, 5) is 33.0. The van der Waals surface area contributed by atoms with Gasteiger partial charge in [-0.1, -0.05) is 45.0 Å². The predicted molar refractivity (Wildman–Crippen MR) is 113 cm³/mol. The van der Waals surface area contributed by atoms with Gasteiger partial charge in [0.05, 0.1) is 46.6 Å². The molecular weight excluding hydrogens is 388 g/mol. The zero-order valence-corrected chi connectivity index (χ0v) is 18.1. The Morgan fingerprint density at radius 3 is 2.62 bits per heavy atom. The number of aryl methyl sites for hydroxylation is 1. The molecule has 7 nitrogen and oxygen atoms in total. The average molecular weight is 418 g/mol. The molecule has 0 radical (unpaired) electrons. The Balaban J connectivity index is 1.62. The zero-order valence-electron chi connectivity index (χ0n) is 17.3. The number of aromatic nitrogens is 1. The number of nitrogens with one attached hydrogen (secondary N) is 1. The number of hydrogen-bond donors (Lipinski definition) is 2. The quantitative estimate of drug-likeness (QED) is 0.534. The van der Waals surface area contributed by atoms with Gasteiger partial charge in [-0.05, 0) is 24.0 Å². The maximum absolute atomic E-state index is 12.7. The van der Waals surface area contributed by atoms with Crippen molar-refractivity contribution in [3.8, 4) is 10.4 Å². The van der Waals surface area contributed by atoms with E-state index in [-0.39, 0.29) is 30.7 Å². The van der Waals surface area contributed by atoms with Crippen molar-refractivity contribution in [1.29, 1.82) is 0 Å². The van der Waals surface area contributed by atoms with Crippen molar-refractivity contribution in [3.05, 3.63) is 45.9 Å². The van der Waals surface area contributed by atoms with Crippen LogP contribution in [0.3, 0.4) is 0 Å². The first kappa shape index (κ1) is 21.4. The molecule has 1 aliphatic rings. The first-order valence-electron chi connectivity index (χ1n) is 9.95. The molecule has 0 spiro atoms. The smallest absolute Gasteiger partial charge is 0.313 e. The molecule has 1 saturated heterocycles. The van der Waals surface area contributed by atoms with E-state index in [4.69, 9.17) is 0 Å². The topological polar surface area (TPSA) is 85.5 Å². The van der Waals surface area contributed by atoms with E-state index >= 15 is 0 Å². The minimum atomic E-state index is -0.696. The maximum atomic E-state index is 12.7. The summed E-state index contributed by atoms with van der Waals surface area (Å²) in [5.41, 5.74) is 7.75. The Kier molecular flexibility index (Phi) is 6.64. The fraction of sp³-hybridized carbons (Fsp3) is 0.524. The van der Waals surface area contributed by atoms with Gasteiger partial charge in [-0.15, -0.1) is 16.8 Å². The molecule has 2 aromatic rings. The lowest BCUT2D eigenvalue weighted by Crippen LogP contribution is -2.48. The molecule has 1 fully saturated rings. The van der Waals surface area contributed by atoms with Crippen molar-refractivity contribution < 1.29 is 14.8 Å². The molecule has 1 aliphatic heterocycles. The summed E-state index contributed by atoms with van der Waals surface area (Å²) >= 11 is 1.60. The normalized spacial score (nSPS) is 20.1. The molecule has 3 atom stereocenters. The van der Waals surface area contributed by atoms with Gasteiger partial charge in [0.2, 0.25) is 5.91 Å². The number of nitroso groups, excluding NO2 is 1. The van der Waals surface area contributed by atoms with Crippen LogP contribution in [0.1, 0.15) is 38.4 Å². The fourth-order valence-corrected chi connectivity index (χ4v) is 4.24. The Labute approximate surface area is 175 Å². The van der Waals surface area contributed by atoms with Gasteiger partial charge < -0.3 is 5.11 Å². The van der Waals surface area contributed by atoms with Crippen molar-refractivity contribution in [2.75, 3.05) is 6.54 Å². The number of aliphatic hydroxyl groups is 1. The third-order valence-electron chi connectivity index (χ3n) is 5.59. The van der Waals surface area contributed by atoms with Crippen LogP contribution in [0.15, 0.2) is 29.8 Å². The maximum Gasteiger partial charge on any atom is 0.313 e. The molecule has 156 valence electrons. The van der Waals surface area contributed by atoms with Gasteiger partial charge in [0.25, 0.3) is 0 Å². The Bertz CT molecular complexity index is 865. The first-order valence-corrected chi connectivity index (χ1v) is 10.8. The second kappa shape index (κ2) is 9.00. The first-order chi connectivity index (χ1) is 13.8. The molecule has 1 aromatic carbocycles. The number of amides is 1. The third kappa shape index (κ3) is 4.82. The molecule has 1 aromatic heterocycles. The molecule has 1 amide bonds. The van der Waals surface area contributed by atoms with Crippen LogP contribution in [0.4, 0.5) is 0 Å². The number of hydrogen-bond acceptors (Lipinski definition) is 5. The number of likely N-dealkylation sites (tertiary alicyclic amines) is 1. The molecule has 8 heteroatoms. The lowest BCUT2D eigenvalue weighted by molar-refractivity contribution is -0.657. The second-order valence-corrected chi connectivity index (χ2v) is 8.87. The van der Waals surface area contributed by atoms with E-state index < -0.39 is 12.3 Å². The van der Waals surface area contributed by atoms with Crippen molar-refractivity contribution >= 4 is 17.2 Å². The predicted octanol–water partition coefficient (Wildman–Crippen LogP) is 3.11. The van der Waals surface area contributed by atoms with E-state index in [1.165, 1.54) is 4.90 Å². The van der Waals surface area contributed by atoms with Gasteiger partial charge in [-0.25, -0.2) is 4.98 Å². The lowest BCUT2D eigenvalue weighted by atomic mass is 9.96. The number of hydrazine groups is 1. The number of carbonyl (C=O) groups is 1. The monoisotopic (exact) mass is 417 g/mol. The summed E-state index contributed by atoms with van der Waals surface area (Å²) in [6, 6.07) is 7.99. The molecule has 0 bridgehead atoms. The highest BCUT2D eigenvalue weighted by Crippen LogP contribution is 2.27. The van der Waals surface area contributed by atoms with Gasteiger partial charge in [-0.2, -0.15) is 0 Å². The van der Waals surface area contributed by atoms with E-state index in [1.807, 2.05) is 57.5 Å². The van der Waals surface area contributed by atoms with Crippen LogP contribution in [0.2, 0.25) is 0 Å². The van der Waals surface area contributed by atoms with Crippen LogP contribution in [0.5, 0.6) is 0 Å². The summed E-state index contributed by atoms with van der Waals surface area (Å²) in [5.74, 6) is -0.109. The van der Waals surface area contributed by atoms with Gasteiger partial charge >= 0.3 is 6.17 Å². The van der Waals surface area contributed by atoms with Crippen molar-refractivity contribution in [2.24, 2.45) is 11.8 Å². The zero-order chi connectivity index (χ0) is 21.1. The summed E-state index contributed by atoms with van der Waals surface area (Å²) in [5, 5.41) is 10.0. The number of nitrogens with zero attached hydrogens (tertiary/aromatic N) is 3. The van der Waals surface area contributed by atoms with E-state index in [9.17, 15) is 14.8 Å². The Morgan fingerprint density at radius 2 is 2.03 bits per heavy atom. The molecule has 2 N–H and O–H groups in total. The van der Waals surface area contributed by atoms with Gasteiger partial charge in [-0.3, -0.25) is 9.69 Å². The van der Waals surface area contributed by atoms with Crippen LogP contribution in [0, 0.1) is 23.7 Å². The van der Waals surface area contributed by atoms with Gasteiger partial charge in [0, 0.05) is 5.92 Å². The highest BCUT2D eigenvalue weighted by molar-refractivity contribution is 7.13. The number of β-amino-alcohol motifs (C(OH)–C–C–N with tert-alkyl or cyclic N) is 1. The number of rotatable bonds is 7. The summed E-state index contributed by atoms with van der Waals surface area (Å²) in [6.07, 6.45) is -1.13. The molecule has 3 rings (SSSR count). The molecule has 2 heterocycles. The Morgan fingerprint density at radius 1 is 1.34 bits per heavy atom.